The normalized spacial score (nSPS) is 24.8. The SMILES string of the molecule is CCN1c2nc(N3CCOCC3)nc(C)c2N[C@H]2[C@@H]1C(C(C)=O)C(=O)N2c1ccccn1. The van der Waals surface area contributed by atoms with Gasteiger partial charge in [0.15, 0.2) is 5.82 Å². The van der Waals surface area contributed by atoms with Crippen LogP contribution >= 0.6 is 0 Å². The molecule has 0 aliphatic carbocycles. The van der Waals surface area contributed by atoms with E-state index in [-0.39, 0.29) is 11.7 Å². The van der Waals surface area contributed by atoms with Crippen LogP contribution in [0.1, 0.15) is 19.5 Å². The van der Waals surface area contributed by atoms with E-state index in [1.54, 1.807) is 23.2 Å². The molecule has 0 spiro atoms. The Kier molecular flexibility index (Phi) is 5.16. The third-order valence-corrected chi connectivity index (χ3v) is 6.40. The summed E-state index contributed by atoms with van der Waals surface area (Å²) in [5.74, 6) is 0.685. The van der Waals surface area contributed by atoms with E-state index < -0.39 is 18.1 Å². The summed E-state index contributed by atoms with van der Waals surface area (Å²) in [6.07, 6.45) is 1.20. The van der Waals surface area contributed by atoms with Crippen molar-refractivity contribution >= 4 is 35.0 Å². The molecule has 32 heavy (non-hydrogen) atoms. The Hall–Kier alpha value is -3.27. The summed E-state index contributed by atoms with van der Waals surface area (Å²) >= 11 is 0. The Balaban J connectivity index is 1.61. The molecule has 0 saturated carbocycles. The number of nitrogens with zero attached hydrogens (tertiary/aromatic N) is 6. The number of ketones is 1. The van der Waals surface area contributed by atoms with Crippen LogP contribution in [0.2, 0.25) is 0 Å². The highest BCUT2D eigenvalue weighted by Gasteiger charge is 2.56. The Bertz CT molecular complexity index is 1040. The highest BCUT2D eigenvalue weighted by atomic mass is 16.5. The molecule has 10 nitrogen and oxygen atoms in total. The number of aromatic nitrogens is 3. The van der Waals surface area contributed by atoms with Crippen LogP contribution in [0.5, 0.6) is 0 Å². The number of likely N-dealkylation sites (N-methyl/N-ethyl adjacent to an activating group) is 1. The van der Waals surface area contributed by atoms with Crippen LogP contribution in [0.25, 0.3) is 0 Å². The van der Waals surface area contributed by atoms with Gasteiger partial charge in [0.25, 0.3) is 0 Å². The van der Waals surface area contributed by atoms with Crippen LogP contribution in [0, 0.1) is 12.8 Å². The van der Waals surface area contributed by atoms with E-state index in [1.807, 2.05) is 19.9 Å². The summed E-state index contributed by atoms with van der Waals surface area (Å²) < 4.78 is 5.46. The van der Waals surface area contributed by atoms with Crippen LogP contribution in [0.3, 0.4) is 0 Å². The van der Waals surface area contributed by atoms with Crippen LogP contribution in [0.15, 0.2) is 24.4 Å². The number of morpholine rings is 1. The van der Waals surface area contributed by atoms with Gasteiger partial charge in [0.1, 0.15) is 29.4 Å². The number of ether oxygens (including phenoxy) is 1. The molecule has 3 aliphatic rings. The lowest BCUT2D eigenvalue weighted by atomic mass is 9.94. The maximum atomic E-state index is 13.5. The minimum Gasteiger partial charge on any atom is -0.378 e. The molecule has 2 aromatic rings. The second kappa shape index (κ2) is 8.01. The number of anilines is 4. The zero-order chi connectivity index (χ0) is 22.4. The Morgan fingerprint density at radius 1 is 1.25 bits per heavy atom. The molecule has 2 saturated heterocycles. The first-order valence-electron chi connectivity index (χ1n) is 11.0. The van der Waals surface area contributed by atoms with Gasteiger partial charge in [-0.1, -0.05) is 6.07 Å². The number of Topliss-reactive ketones (excluding diaryl/α,β-unsaturated/α-hetero) is 1. The Labute approximate surface area is 186 Å². The molecule has 3 aliphatic heterocycles. The van der Waals surface area contributed by atoms with Crippen molar-refractivity contribution in [2.75, 3.05) is 52.9 Å². The van der Waals surface area contributed by atoms with Crippen LogP contribution in [-0.4, -0.2) is 71.7 Å². The van der Waals surface area contributed by atoms with Crippen molar-refractivity contribution in [3.63, 3.8) is 0 Å². The van der Waals surface area contributed by atoms with Gasteiger partial charge >= 0.3 is 0 Å². The van der Waals surface area contributed by atoms with Gasteiger partial charge in [-0.2, -0.15) is 4.98 Å². The van der Waals surface area contributed by atoms with E-state index >= 15 is 0 Å². The number of amides is 1. The molecule has 5 heterocycles. The lowest BCUT2D eigenvalue weighted by Gasteiger charge is -2.43. The quantitative estimate of drug-likeness (QED) is 0.707. The summed E-state index contributed by atoms with van der Waals surface area (Å²) in [5.41, 5.74) is 1.58. The van der Waals surface area contributed by atoms with Crippen molar-refractivity contribution in [2.24, 2.45) is 5.92 Å². The van der Waals surface area contributed by atoms with Crippen molar-refractivity contribution in [1.82, 2.24) is 15.0 Å². The van der Waals surface area contributed by atoms with E-state index in [2.05, 4.69) is 20.1 Å². The second-order valence-corrected chi connectivity index (χ2v) is 8.26. The molecule has 1 unspecified atom stereocenters. The van der Waals surface area contributed by atoms with Crippen molar-refractivity contribution in [1.29, 1.82) is 0 Å². The van der Waals surface area contributed by atoms with Gasteiger partial charge < -0.3 is 19.9 Å². The predicted octanol–water partition coefficient (Wildman–Crippen LogP) is 1.22. The fourth-order valence-corrected chi connectivity index (χ4v) is 4.91. The fourth-order valence-electron chi connectivity index (χ4n) is 4.91. The molecular weight excluding hydrogens is 410 g/mol. The van der Waals surface area contributed by atoms with Crippen molar-refractivity contribution in [3.8, 4) is 0 Å². The molecule has 2 fully saturated rings. The molecular formula is C22H27N7O3. The molecule has 1 N–H and O–H groups in total. The molecule has 5 rings (SSSR count). The van der Waals surface area contributed by atoms with E-state index in [0.717, 1.165) is 30.3 Å². The van der Waals surface area contributed by atoms with Gasteiger partial charge in [-0.25, -0.2) is 9.97 Å². The van der Waals surface area contributed by atoms with Crippen LogP contribution in [0.4, 0.5) is 23.3 Å². The van der Waals surface area contributed by atoms with E-state index in [9.17, 15) is 9.59 Å². The first kappa shape index (κ1) is 20.6. The predicted molar refractivity (Wildman–Crippen MR) is 120 cm³/mol. The van der Waals surface area contributed by atoms with Crippen LogP contribution < -0.4 is 20.0 Å². The maximum absolute atomic E-state index is 13.5. The number of nitrogens with one attached hydrogen (secondary N) is 1. The minimum absolute atomic E-state index is 0.161. The average molecular weight is 438 g/mol. The highest BCUT2D eigenvalue weighted by Crippen LogP contribution is 2.43. The number of rotatable bonds is 4. The Morgan fingerprint density at radius 3 is 2.69 bits per heavy atom. The molecule has 168 valence electrons. The number of aryl methyl sites for hydroxylation is 1. The second-order valence-electron chi connectivity index (χ2n) is 8.26. The monoisotopic (exact) mass is 437 g/mol. The number of hydrogen-bond donors (Lipinski definition) is 1. The van der Waals surface area contributed by atoms with Gasteiger partial charge in [-0.3, -0.25) is 14.5 Å². The van der Waals surface area contributed by atoms with Gasteiger partial charge in [-0.05, 0) is 32.9 Å². The summed E-state index contributed by atoms with van der Waals surface area (Å²) in [7, 11) is 0. The first-order chi connectivity index (χ1) is 15.5. The van der Waals surface area contributed by atoms with Gasteiger partial charge in [0, 0.05) is 25.8 Å². The zero-order valence-corrected chi connectivity index (χ0v) is 18.5. The molecule has 3 atom stereocenters. The summed E-state index contributed by atoms with van der Waals surface area (Å²) in [6, 6.07) is 5.03. The third-order valence-electron chi connectivity index (χ3n) is 6.40. The standard InChI is InChI=1S/C22H27N7O3/c1-4-28-18-16(14(3)30)21(31)29(15-7-5-6-8-23-15)20(18)25-17-13(2)24-22(26-19(17)28)27-9-11-32-12-10-27/h5-8,16,18,20,25H,4,9-12H2,1-3H3/t16?,18-,20+/m0/s1. The molecule has 1 amide bonds. The molecule has 0 radical (unpaired) electrons. The van der Waals surface area contributed by atoms with Gasteiger partial charge in [0.05, 0.1) is 24.9 Å². The van der Waals surface area contributed by atoms with E-state index in [1.165, 1.54) is 6.92 Å². The largest absolute Gasteiger partial charge is 0.378 e. The number of carbonyl (C=O) groups excluding carboxylic acids is 2. The lowest BCUT2D eigenvalue weighted by molar-refractivity contribution is -0.129. The smallest absolute Gasteiger partial charge is 0.242 e. The number of carbonyl (C=O) groups is 2. The van der Waals surface area contributed by atoms with Gasteiger partial charge in [0.2, 0.25) is 11.9 Å². The maximum Gasteiger partial charge on any atom is 0.242 e. The summed E-state index contributed by atoms with van der Waals surface area (Å²) in [4.78, 5) is 45.9. The number of hydrogen-bond acceptors (Lipinski definition) is 9. The third kappa shape index (κ3) is 3.17. The molecule has 10 heteroatoms. The minimum atomic E-state index is -0.801. The zero-order valence-electron chi connectivity index (χ0n) is 18.5. The van der Waals surface area contributed by atoms with Gasteiger partial charge in [-0.15, -0.1) is 0 Å². The average Bonchev–Trinajstić information content (AvgIpc) is 3.10. The highest BCUT2D eigenvalue weighted by molar-refractivity contribution is 6.12. The lowest BCUT2D eigenvalue weighted by Crippen LogP contribution is -2.56. The summed E-state index contributed by atoms with van der Waals surface area (Å²) in [5, 5.41) is 3.49. The van der Waals surface area contributed by atoms with Crippen molar-refractivity contribution in [2.45, 2.75) is 33.0 Å². The van der Waals surface area contributed by atoms with E-state index in [4.69, 9.17) is 14.7 Å². The van der Waals surface area contributed by atoms with Crippen LogP contribution in [-0.2, 0) is 14.3 Å². The van der Waals surface area contributed by atoms with Crippen molar-refractivity contribution in [3.05, 3.63) is 30.1 Å². The Morgan fingerprint density at radius 2 is 2.03 bits per heavy atom. The molecule has 0 bridgehead atoms. The fraction of sp³-hybridized carbons (Fsp3) is 0.500. The molecule has 0 aromatic carbocycles. The van der Waals surface area contributed by atoms with Crippen molar-refractivity contribution < 1.29 is 14.3 Å². The summed E-state index contributed by atoms with van der Waals surface area (Å²) in [6.45, 7) is 8.77. The topological polar surface area (TPSA) is 104 Å². The first-order valence-corrected chi connectivity index (χ1v) is 11.0. The number of pyridine rings is 1. The molecule has 2 aromatic heterocycles. The van der Waals surface area contributed by atoms with E-state index in [0.29, 0.717) is 31.5 Å². The number of fused-ring (bicyclic) bond motifs is 2.